The minimum absolute atomic E-state index is 0.167. The molecule has 2 aliphatic rings. The van der Waals surface area contributed by atoms with Crippen molar-refractivity contribution in [2.24, 2.45) is 11.8 Å². The highest BCUT2D eigenvalue weighted by atomic mass is 16.1. The second kappa shape index (κ2) is 14.8. The second-order valence-electron chi connectivity index (χ2n) is 10.2. The molecule has 2 aliphatic carbocycles. The number of hydrogen-bond acceptors (Lipinski definition) is 6. The number of H-pyrrole nitrogens is 1. The molecule has 2 aromatic heterocycles. The van der Waals surface area contributed by atoms with Crippen LogP contribution in [0.25, 0.3) is 11.0 Å². The molecule has 1 aromatic carbocycles. The van der Waals surface area contributed by atoms with Crippen molar-refractivity contribution >= 4 is 34.8 Å². The Balaban J connectivity index is 0.000000268. The molecular formula is C31H39N5O3. The SMILES string of the molecule is CC(C)=O.CC1CCC(C=O)CC1.CNC1=CCC(c2nc3ccc(C(=O)Nc4ccccn4)cc3[nH]2)C=C1. The van der Waals surface area contributed by atoms with Crippen molar-refractivity contribution < 1.29 is 14.4 Å². The Morgan fingerprint density at radius 1 is 1.08 bits per heavy atom. The number of rotatable bonds is 5. The lowest BCUT2D eigenvalue weighted by atomic mass is 9.84. The lowest BCUT2D eigenvalue weighted by Gasteiger charge is -2.21. The average molecular weight is 530 g/mol. The van der Waals surface area contributed by atoms with Gasteiger partial charge in [-0.05, 0) is 75.4 Å². The number of aromatic amines is 1. The summed E-state index contributed by atoms with van der Waals surface area (Å²) in [5.74, 6) is 2.88. The third kappa shape index (κ3) is 9.32. The number of likely N-dealkylation sites (N-methyl/N-ethyl adjacent to an activating group) is 1. The molecule has 206 valence electrons. The van der Waals surface area contributed by atoms with Gasteiger partial charge in [-0.3, -0.25) is 4.79 Å². The molecule has 8 heteroatoms. The third-order valence-corrected chi connectivity index (χ3v) is 6.66. The van der Waals surface area contributed by atoms with Gasteiger partial charge < -0.3 is 25.2 Å². The molecule has 1 saturated carbocycles. The minimum Gasteiger partial charge on any atom is -0.388 e. The largest absolute Gasteiger partial charge is 0.388 e. The quantitative estimate of drug-likeness (QED) is 0.351. The summed E-state index contributed by atoms with van der Waals surface area (Å²) in [7, 11) is 1.91. The number of ketones is 1. The van der Waals surface area contributed by atoms with Gasteiger partial charge in [-0.25, -0.2) is 9.97 Å². The molecule has 1 unspecified atom stereocenters. The van der Waals surface area contributed by atoms with Crippen LogP contribution in [0, 0.1) is 11.8 Å². The molecule has 0 spiro atoms. The van der Waals surface area contributed by atoms with E-state index in [9.17, 15) is 14.4 Å². The Bertz CT molecular complexity index is 1300. The maximum Gasteiger partial charge on any atom is 0.256 e. The molecule has 0 bridgehead atoms. The summed E-state index contributed by atoms with van der Waals surface area (Å²) in [6, 6.07) is 10.9. The van der Waals surface area contributed by atoms with Gasteiger partial charge in [-0.15, -0.1) is 0 Å². The molecular weight excluding hydrogens is 490 g/mol. The van der Waals surface area contributed by atoms with Crippen molar-refractivity contribution in [2.75, 3.05) is 12.4 Å². The first kappa shape index (κ1) is 29.5. The molecule has 1 amide bonds. The standard InChI is InChI=1S/C20H19N5O.C8H14O.C3H6O/c1-21-15-8-5-13(6-9-15)19-23-16-10-7-14(12-17(16)24-19)20(26)25-18-4-2-3-11-22-18;1-7-2-4-8(6-9)5-3-7;1-3(2)4/h2-5,7-13,21H,6H2,1H3,(H,23,24)(H,22,25,26);6-8H,2-5H2,1H3;1-2H3. The number of carbonyl (C=O) groups is 3. The molecule has 1 fully saturated rings. The van der Waals surface area contributed by atoms with Crippen molar-refractivity contribution in [1.29, 1.82) is 0 Å². The van der Waals surface area contributed by atoms with Gasteiger partial charge in [-0.1, -0.05) is 38.0 Å². The first-order valence-electron chi connectivity index (χ1n) is 13.5. The highest BCUT2D eigenvalue weighted by Crippen LogP contribution is 2.27. The first-order chi connectivity index (χ1) is 18.8. The number of carbonyl (C=O) groups excluding carboxylic acids is 3. The van der Waals surface area contributed by atoms with Gasteiger partial charge in [0, 0.05) is 36.3 Å². The highest BCUT2D eigenvalue weighted by Gasteiger charge is 2.17. The summed E-state index contributed by atoms with van der Waals surface area (Å²) in [6.07, 6.45) is 14.8. The summed E-state index contributed by atoms with van der Waals surface area (Å²) in [6.45, 7) is 5.32. The van der Waals surface area contributed by atoms with E-state index in [2.05, 4.69) is 50.7 Å². The van der Waals surface area contributed by atoms with Gasteiger partial charge in [0.15, 0.2) is 0 Å². The van der Waals surface area contributed by atoms with Gasteiger partial charge in [0.05, 0.1) is 11.0 Å². The number of nitrogens with zero attached hydrogens (tertiary/aromatic N) is 2. The maximum absolute atomic E-state index is 12.4. The fraction of sp³-hybridized carbons (Fsp3) is 0.387. The van der Waals surface area contributed by atoms with Crippen LogP contribution in [0.4, 0.5) is 5.82 Å². The second-order valence-corrected chi connectivity index (χ2v) is 10.2. The monoisotopic (exact) mass is 529 g/mol. The highest BCUT2D eigenvalue weighted by molar-refractivity contribution is 6.05. The number of amides is 1. The van der Waals surface area contributed by atoms with Crippen LogP contribution in [-0.2, 0) is 9.59 Å². The van der Waals surface area contributed by atoms with E-state index in [4.69, 9.17) is 0 Å². The molecule has 8 nitrogen and oxygen atoms in total. The Kier molecular flexibility index (Phi) is 11.2. The number of anilines is 1. The van der Waals surface area contributed by atoms with Gasteiger partial charge in [0.2, 0.25) is 0 Å². The van der Waals surface area contributed by atoms with E-state index in [0.29, 0.717) is 17.3 Å². The lowest BCUT2D eigenvalue weighted by molar-refractivity contribution is -0.115. The fourth-order valence-corrected chi connectivity index (χ4v) is 4.40. The zero-order valence-corrected chi connectivity index (χ0v) is 23.2. The number of fused-ring (bicyclic) bond motifs is 1. The zero-order valence-electron chi connectivity index (χ0n) is 23.2. The third-order valence-electron chi connectivity index (χ3n) is 6.66. The number of nitrogens with one attached hydrogen (secondary N) is 3. The molecule has 5 rings (SSSR count). The van der Waals surface area contributed by atoms with Gasteiger partial charge in [-0.2, -0.15) is 0 Å². The average Bonchev–Trinajstić information content (AvgIpc) is 3.38. The Labute approximate surface area is 230 Å². The number of allylic oxidation sites excluding steroid dienone is 3. The van der Waals surface area contributed by atoms with Crippen LogP contribution in [0.2, 0.25) is 0 Å². The van der Waals surface area contributed by atoms with Crippen molar-refractivity contribution in [3.63, 3.8) is 0 Å². The molecule has 2 heterocycles. The summed E-state index contributed by atoms with van der Waals surface area (Å²) < 4.78 is 0. The van der Waals surface area contributed by atoms with Crippen LogP contribution < -0.4 is 10.6 Å². The van der Waals surface area contributed by atoms with E-state index in [1.165, 1.54) is 26.7 Å². The van der Waals surface area contributed by atoms with E-state index in [-0.39, 0.29) is 17.6 Å². The van der Waals surface area contributed by atoms with Crippen molar-refractivity contribution in [3.05, 3.63) is 77.9 Å². The van der Waals surface area contributed by atoms with Crippen LogP contribution in [0.5, 0.6) is 0 Å². The molecule has 0 aliphatic heterocycles. The van der Waals surface area contributed by atoms with Gasteiger partial charge >= 0.3 is 0 Å². The van der Waals surface area contributed by atoms with E-state index in [1.807, 2.05) is 31.3 Å². The Morgan fingerprint density at radius 2 is 1.82 bits per heavy atom. The Hall–Kier alpha value is -4.07. The van der Waals surface area contributed by atoms with E-state index in [0.717, 1.165) is 54.0 Å². The summed E-state index contributed by atoms with van der Waals surface area (Å²) >= 11 is 0. The smallest absolute Gasteiger partial charge is 0.256 e. The van der Waals surface area contributed by atoms with E-state index in [1.54, 1.807) is 18.3 Å². The number of aldehydes is 1. The van der Waals surface area contributed by atoms with Crippen molar-refractivity contribution in [1.82, 2.24) is 20.3 Å². The number of hydrogen-bond donors (Lipinski definition) is 3. The minimum atomic E-state index is -0.194. The summed E-state index contributed by atoms with van der Waals surface area (Å²) in [5.41, 5.74) is 3.39. The molecule has 0 saturated heterocycles. The van der Waals surface area contributed by atoms with Gasteiger partial charge in [0.25, 0.3) is 5.91 Å². The first-order valence-corrected chi connectivity index (χ1v) is 13.5. The summed E-state index contributed by atoms with van der Waals surface area (Å²) in [4.78, 5) is 44.3. The summed E-state index contributed by atoms with van der Waals surface area (Å²) in [5, 5.41) is 5.93. The van der Waals surface area contributed by atoms with E-state index >= 15 is 0 Å². The van der Waals surface area contributed by atoms with Crippen LogP contribution in [0.3, 0.4) is 0 Å². The van der Waals surface area contributed by atoms with Crippen LogP contribution in [0.1, 0.15) is 75.0 Å². The van der Waals surface area contributed by atoms with Gasteiger partial charge in [0.1, 0.15) is 23.7 Å². The number of Topliss-reactive ketones (excluding diaryl/α,β-unsaturated/α-hetero) is 1. The van der Waals surface area contributed by atoms with Crippen LogP contribution in [0.15, 0.2) is 66.5 Å². The molecule has 3 aromatic rings. The molecule has 39 heavy (non-hydrogen) atoms. The number of benzene rings is 1. The molecule has 1 atom stereocenters. The zero-order chi connectivity index (χ0) is 28.2. The number of pyridine rings is 1. The van der Waals surface area contributed by atoms with E-state index < -0.39 is 0 Å². The number of imidazole rings is 1. The fourth-order valence-electron chi connectivity index (χ4n) is 4.40. The predicted molar refractivity (Wildman–Crippen MR) is 155 cm³/mol. The van der Waals surface area contributed by atoms with Crippen molar-refractivity contribution in [2.45, 2.75) is 58.8 Å². The topological polar surface area (TPSA) is 117 Å². The van der Waals surface area contributed by atoms with Crippen molar-refractivity contribution in [3.8, 4) is 0 Å². The molecule has 3 N–H and O–H groups in total. The lowest BCUT2D eigenvalue weighted by Crippen LogP contribution is -2.12. The Morgan fingerprint density at radius 3 is 2.41 bits per heavy atom. The maximum atomic E-state index is 12.4. The normalized spacial score (nSPS) is 19.9. The predicted octanol–water partition coefficient (Wildman–Crippen LogP) is 5.96. The van der Waals surface area contributed by atoms with Crippen LogP contribution >= 0.6 is 0 Å². The number of aromatic nitrogens is 3. The van der Waals surface area contributed by atoms with Crippen LogP contribution in [-0.4, -0.2) is 40.0 Å². The molecule has 0 radical (unpaired) electrons.